The van der Waals surface area contributed by atoms with Crippen molar-refractivity contribution in [1.82, 2.24) is 15.2 Å². The number of aryl methyl sites for hydroxylation is 1. The number of nitrogens with zero attached hydrogens (tertiary/aromatic N) is 2. The molecule has 2 amide bonds. The summed E-state index contributed by atoms with van der Waals surface area (Å²) in [6, 6.07) is 15.4. The molecule has 0 aliphatic carbocycles. The van der Waals surface area contributed by atoms with Crippen LogP contribution in [0.4, 0.5) is 4.79 Å². The Kier molecular flexibility index (Phi) is 10.0. The first kappa shape index (κ1) is 29.8. The van der Waals surface area contributed by atoms with Gasteiger partial charge in [0.25, 0.3) is 0 Å². The Hall–Kier alpha value is -3.17. The van der Waals surface area contributed by atoms with E-state index < -0.39 is 17.7 Å². The first-order valence-electron chi connectivity index (χ1n) is 13.9. The Morgan fingerprint density at radius 2 is 1.93 bits per heavy atom. The highest BCUT2D eigenvalue weighted by molar-refractivity contribution is 9.10. The molecule has 214 valence electrons. The highest BCUT2D eigenvalue weighted by Gasteiger charge is 2.37. The molecule has 4 rings (SSSR count). The predicted octanol–water partition coefficient (Wildman–Crippen LogP) is 5.74. The second kappa shape index (κ2) is 13.5. The number of fused-ring (bicyclic) bond motifs is 1. The Morgan fingerprint density at radius 1 is 1.15 bits per heavy atom. The van der Waals surface area contributed by atoms with E-state index in [1.807, 2.05) is 63.2 Å². The number of carbonyl (C=O) groups excluding carboxylic acids is 2. The lowest BCUT2D eigenvalue weighted by atomic mass is 9.97. The maximum Gasteiger partial charge on any atom is 0.410 e. The summed E-state index contributed by atoms with van der Waals surface area (Å²) < 4.78 is 12.7. The van der Waals surface area contributed by atoms with Crippen LogP contribution in [0.15, 0.2) is 59.2 Å². The largest absolute Gasteiger partial charge is 0.489 e. The van der Waals surface area contributed by atoms with E-state index in [0.29, 0.717) is 32.5 Å². The fraction of sp³-hybridized carbons (Fsp3) is 0.452. The molecule has 2 atom stereocenters. The normalized spacial score (nSPS) is 17.5. The first-order chi connectivity index (χ1) is 19.1. The summed E-state index contributed by atoms with van der Waals surface area (Å²) in [6.45, 7) is 6.84. The molecular weight excluding hydrogens is 572 g/mol. The van der Waals surface area contributed by atoms with Crippen LogP contribution in [0.2, 0.25) is 0 Å². The number of halogens is 1. The molecule has 2 aromatic carbocycles. The monoisotopic (exact) mass is 610 g/mol. The summed E-state index contributed by atoms with van der Waals surface area (Å²) in [5.41, 5.74) is 8.63. The topological polar surface area (TPSA) is 107 Å². The number of hydrogen-bond donors (Lipinski definition) is 2. The number of nitrogens with one attached hydrogen (secondary N) is 1. The van der Waals surface area contributed by atoms with Crippen LogP contribution < -0.4 is 15.8 Å². The number of amides is 2. The van der Waals surface area contributed by atoms with E-state index in [1.165, 1.54) is 4.90 Å². The number of hydrogen-bond acceptors (Lipinski definition) is 6. The zero-order valence-electron chi connectivity index (χ0n) is 23.5. The third kappa shape index (κ3) is 8.17. The minimum absolute atomic E-state index is 0.122. The van der Waals surface area contributed by atoms with Gasteiger partial charge >= 0.3 is 6.09 Å². The Labute approximate surface area is 244 Å². The standard InChI is InChI=1S/C31H39BrN4O4/c1-31(2,3)40-30(38)36-16-14-23(33)18-27(36)29(37)34-15-8-7-11-24-25-17-22(32)19-35-26(25)12-13-28(24)39-20-21-9-5-4-6-10-21/h4-6,9-10,12-13,17,19,23,27H,7-8,11,14-16,18,20,33H2,1-3H3,(H,34,37)/t23-,27-/m0/s1. The van der Waals surface area contributed by atoms with Crippen molar-refractivity contribution in [2.75, 3.05) is 13.1 Å². The Balaban J connectivity index is 1.37. The number of likely N-dealkylation sites (tertiary alicyclic amines) is 1. The van der Waals surface area contributed by atoms with Crippen molar-refractivity contribution >= 4 is 38.8 Å². The van der Waals surface area contributed by atoms with Crippen molar-refractivity contribution in [3.63, 3.8) is 0 Å². The van der Waals surface area contributed by atoms with Crippen LogP contribution in [0.5, 0.6) is 5.75 Å². The van der Waals surface area contributed by atoms with E-state index in [-0.39, 0.29) is 11.9 Å². The molecule has 0 bridgehead atoms. The fourth-order valence-corrected chi connectivity index (χ4v) is 5.21. The molecule has 0 saturated carbocycles. The van der Waals surface area contributed by atoms with Gasteiger partial charge in [0.05, 0.1) is 5.52 Å². The number of rotatable bonds is 9. The van der Waals surface area contributed by atoms with Crippen molar-refractivity contribution < 1.29 is 19.1 Å². The number of benzene rings is 2. The summed E-state index contributed by atoms with van der Waals surface area (Å²) in [5.74, 6) is 0.649. The van der Waals surface area contributed by atoms with Gasteiger partial charge in [-0.1, -0.05) is 30.3 Å². The summed E-state index contributed by atoms with van der Waals surface area (Å²) in [7, 11) is 0. The molecule has 40 heavy (non-hydrogen) atoms. The predicted molar refractivity (Wildman–Crippen MR) is 160 cm³/mol. The molecule has 1 fully saturated rings. The number of carbonyl (C=O) groups is 2. The van der Waals surface area contributed by atoms with E-state index >= 15 is 0 Å². The average Bonchev–Trinajstić information content (AvgIpc) is 2.91. The first-order valence-corrected chi connectivity index (χ1v) is 14.7. The number of piperidine rings is 1. The third-order valence-corrected chi connectivity index (χ3v) is 7.30. The number of unbranched alkanes of at least 4 members (excludes halogenated alkanes) is 1. The van der Waals surface area contributed by atoms with Gasteiger partial charge in [0.15, 0.2) is 0 Å². The lowest BCUT2D eigenvalue weighted by Gasteiger charge is -2.38. The van der Waals surface area contributed by atoms with Gasteiger partial charge in [-0.2, -0.15) is 0 Å². The molecule has 3 aromatic rings. The maximum atomic E-state index is 13.1. The molecule has 1 saturated heterocycles. The maximum absolute atomic E-state index is 13.1. The average molecular weight is 612 g/mol. The minimum Gasteiger partial charge on any atom is -0.489 e. The molecule has 2 heterocycles. The van der Waals surface area contributed by atoms with Gasteiger partial charge < -0.3 is 20.5 Å². The molecule has 8 nitrogen and oxygen atoms in total. The van der Waals surface area contributed by atoms with E-state index in [0.717, 1.165) is 51.5 Å². The number of nitrogens with two attached hydrogens (primary N) is 1. The fourth-order valence-electron chi connectivity index (χ4n) is 4.88. The summed E-state index contributed by atoms with van der Waals surface area (Å²) in [5, 5.41) is 4.07. The second-order valence-corrected chi connectivity index (χ2v) is 12.2. The van der Waals surface area contributed by atoms with Crippen LogP contribution in [-0.4, -0.2) is 52.7 Å². The molecule has 1 aromatic heterocycles. The van der Waals surface area contributed by atoms with Crippen LogP contribution in [-0.2, 0) is 22.6 Å². The molecule has 1 aliphatic heterocycles. The van der Waals surface area contributed by atoms with Crippen molar-refractivity contribution in [3.8, 4) is 5.75 Å². The van der Waals surface area contributed by atoms with Crippen molar-refractivity contribution in [2.24, 2.45) is 5.73 Å². The van der Waals surface area contributed by atoms with Gasteiger partial charge in [-0.3, -0.25) is 14.7 Å². The molecule has 3 N–H and O–H groups in total. The van der Waals surface area contributed by atoms with Crippen LogP contribution in [0, 0.1) is 0 Å². The van der Waals surface area contributed by atoms with E-state index in [2.05, 4.69) is 32.3 Å². The van der Waals surface area contributed by atoms with E-state index in [4.69, 9.17) is 15.2 Å². The lowest BCUT2D eigenvalue weighted by Crippen LogP contribution is -2.57. The van der Waals surface area contributed by atoms with Gasteiger partial charge in [0.2, 0.25) is 5.91 Å². The van der Waals surface area contributed by atoms with Crippen molar-refractivity contribution in [2.45, 2.75) is 77.2 Å². The summed E-state index contributed by atoms with van der Waals surface area (Å²) in [4.78, 5) is 31.9. The van der Waals surface area contributed by atoms with Gasteiger partial charge in [0, 0.05) is 40.8 Å². The summed E-state index contributed by atoms with van der Waals surface area (Å²) >= 11 is 3.55. The highest BCUT2D eigenvalue weighted by Crippen LogP contribution is 2.31. The molecule has 0 unspecified atom stereocenters. The van der Waals surface area contributed by atoms with Crippen LogP contribution >= 0.6 is 15.9 Å². The highest BCUT2D eigenvalue weighted by atomic mass is 79.9. The number of ether oxygens (including phenoxy) is 2. The Bertz CT molecular complexity index is 1310. The smallest absolute Gasteiger partial charge is 0.410 e. The van der Waals surface area contributed by atoms with Crippen LogP contribution in [0.1, 0.15) is 57.6 Å². The lowest BCUT2D eigenvalue weighted by molar-refractivity contribution is -0.127. The van der Waals surface area contributed by atoms with E-state index in [1.54, 1.807) is 6.20 Å². The molecular formula is C31H39BrN4O4. The minimum atomic E-state index is -0.631. The van der Waals surface area contributed by atoms with Crippen molar-refractivity contribution in [3.05, 3.63) is 70.3 Å². The quantitative estimate of drug-likeness (QED) is 0.299. The molecule has 0 spiro atoms. The van der Waals surface area contributed by atoms with Crippen LogP contribution in [0.3, 0.4) is 0 Å². The summed E-state index contributed by atoms with van der Waals surface area (Å²) in [6.07, 6.45) is 4.77. The number of pyridine rings is 1. The second-order valence-electron chi connectivity index (χ2n) is 11.3. The van der Waals surface area contributed by atoms with Gasteiger partial charge in [-0.25, -0.2) is 4.79 Å². The van der Waals surface area contributed by atoms with Crippen LogP contribution in [0.25, 0.3) is 10.9 Å². The zero-order chi connectivity index (χ0) is 28.7. The van der Waals surface area contributed by atoms with E-state index in [9.17, 15) is 9.59 Å². The SMILES string of the molecule is CC(C)(C)OC(=O)N1CC[C@H](N)C[C@H]1C(=O)NCCCCc1c(OCc2ccccc2)ccc2ncc(Br)cc12. The third-order valence-electron chi connectivity index (χ3n) is 6.86. The zero-order valence-corrected chi connectivity index (χ0v) is 25.1. The van der Waals surface area contributed by atoms with Crippen molar-refractivity contribution in [1.29, 1.82) is 0 Å². The van der Waals surface area contributed by atoms with Gasteiger partial charge in [-0.15, -0.1) is 0 Å². The van der Waals surface area contributed by atoms with Gasteiger partial charge in [0.1, 0.15) is 24.0 Å². The molecule has 1 aliphatic rings. The molecule has 9 heteroatoms. The van der Waals surface area contributed by atoms with Gasteiger partial charge in [-0.05, 0) is 92.6 Å². The molecule has 0 radical (unpaired) electrons. The Morgan fingerprint density at radius 3 is 2.67 bits per heavy atom. The number of aromatic nitrogens is 1.